The molecule has 1 aromatic carbocycles. The SMILES string of the molecule is C[C@@H]1CN(C(=O)NCc2ccc(F)cc2)C[C@@]1(O)C1CCC1. The van der Waals surface area contributed by atoms with Crippen LogP contribution in [0.4, 0.5) is 9.18 Å². The van der Waals surface area contributed by atoms with Gasteiger partial charge in [0.2, 0.25) is 0 Å². The first-order chi connectivity index (χ1) is 10.5. The van der Waals surface area contributed by atoms with Crippen LogP contribution < -0.4 is 5.32 Å². The lowest BCUT2D eigenvalue weighted by Gasteiger charge is -2.41. The highest BCUT2D eigenvalue weighted by molar-refractivity contribution is 5.74. The zero-order valence-electron chi connectivity index (χ0n) is 12.9. The summed E-state index contributed by atoms with van der Waals surface area (Å²) in [6.07, 6.45) is 3.30. The summed E-state index contributed by atoms with van der Waals surface area (Å²) in [4.78, 5) is 14.0. The van der Waals surface area contributed by atoms with Crippen LogP contribution in [0.15, 0.2) is 24.3 Å². The molecule has 1 aliphatic heterocycles. The van der Waals surface area contributed by atoms with E-state index in [1.165, 1.54) is 18.6 Å². The highest BCUT2D eigenvalue weighted by atomic mass is 19.1. The monoisotopic (exact) mass is 306 g/mol. The number of aliphatic hydroxyl groups is 1. The summed E-state index contributed by atoms with van der Waals surface area (Å²) < 4.78 is 12.9. The van der Waals surface area contributed by atoms with Crippen LogP contribution in [0, 0.1) is 17.7 Å². The van der Waals surface area contributed by atoms with Gasteiger partial charge in [-0.05, 0) is 36.5 Å². The second kappa shape index (κ2) is 5.88. The Morgan fingerprint density at radius 1 is 1.41 bits per heavy atom. The molecule has 2 N–H and O–H groups in total. The maximum atomic E-state index is 12.9. The third-order valence-electron chi connectivity index (χ3n) is 5.25. The van der Waals surface area contributed by atoms with Crippen molar-refractivity contribution in [1.29, 1.82) is 0 Å². The van der Waals surface area contributed by atoms with Crippen LogP contribution in [0.1, 0.15) is 31.7 Å². The lowest BCUT2D eigenvalue weighted by Crippen LogP contribution is -2.48. The fourth-order valence-electron chi connectivity index (χ4n) is 3.50. The van der Waals surface area contributed by atoms with Crippen molar-refractivity contribution >= 4 is 6.03 Å². The van der Waals surface area contributed by atoms with Crippen LogP contribution in [-0.2, 0) is 6.54 Å². The molecule has 2 amide bonds. The second-order valence-electron chi connectivity index (χ2n) is 6.69. The molecule has 0 unspecified atom stereocenters. The molecule has 2 fully saturated rings. The van der Waals surface area contributed by atoms with E-state index in [1.807, 2.05) is 6.92 Å². The number of benzene rings is 1. The van der Waals surface area contributed by atoms with E-state index in [1.54, 1.807) is 17.0 Å². The van der Waals surface area contributed by atoms with Gasteiger partial charge >= 0.3 is 6.03 Å². The molecule has 1 saturated carbocycles. The summed E-state index contributed by atoms with van der Waals surface area (Å²) >= 11 is 0. The van der Waals surface area contributed by atoms with Crippen LogP contribution in [0.25, 0.3) is 0 Å². The molecule has 1 aromatic rings. The number of carbonyl (C=O) groups is 1. The Bertz CT molecular complexity index is 544. The minimum Gasteiger partial charge on any atom is -0.387 e. The van der Waals surface area contributed by atoms with Gasteiger partial charge in [0.25, 0.3) is 0 Å². The molecule has 5 heteroatoms. The lowest BCUT2D eigenvalue weighted by molar-refractivity contribution is -0.0656. The van der Waals surface area contributed by atoms with Crippen molar-refractivity contribution in [2.24, 2.45) is 11.8 Å². The zero-order valence-corrected chi connectivity index (χ0v) is 12.9. The van der Waals surface area contributed by atoms with Gasteiger partial charge < -0.3 is 15.3 Å². The highest BCUT2D eigenvalue weighted by Gasteiger charge is 2.50. The minimum absolute atomic E-state index is 0.106. The first-order valence-electron chi connectivity index (χ1n) is 7.98. The normalized spacial score (nSPS) is 28.5. The molecule has 22 heavy (non-hydrogen) atoms. The number of rotatable bonds is 3. The van der Waals surface area contributed by atoms with Gasteiger partial charge in [-0.3, -0.25) is 0 Å². The molecule has 1 aliphatic carbocycles. The van der Waals surface area contributed by atoms with Gasteiger partial charge in [-0.25, -0.2) is 9.18 Å². The molecule has 4 nitrogen and oxygen atoms in total. The van der Waals surface area contributed by atoms with Crippen molar-refractivity contribution in [3.8, 4) is 0 Å². The average Bonchev–Trinajstić information content (AvgIpc) is 2.72. The summed E-state index contributed by atoms with van der Waals surface area (Å²) in [6.45, 7) is 3.38. The molecule has 1 saturated heterocycles. The predicted molar refractivity (Wildman–Crippen MR) is 81.7 cm³/mol. The largest absolute Gasteiger partial charge is 0.387 e. The Labute approximate surface area is 130 Å². The minimum atomic E-state index is -0.731. The molecule has 0 bridgehead atoms. The lowest BCUT2D eigenvalue weighted by atomic mass is 9.69. The van der Waals surface area contributed by atoms with Gasteiger partial charge in [-0.1, -0.05) is 25.5 Å². The quantitative estimate of drug-likeness (QED) is 0.901. The van der Waals surface area contributed by atoms with E-state index in [2.05, 4.69) is 5.32 Å². The fraction of sp³-hybridized carbons (Fsp3) is 0.588. The van der Waals surface area contributed by atoms with Crippen molar-refractivity contribution < 1.29 is 14.3 Å². The molecular weight excluding hydrogens is 283 g/mol. The number of likely N-dealkylation sites (tertiary alicyclic amines) is 1. The molecule has 2 aliphatic rings. The standard InChI is InChI=1S/C17H23FN2O2/c1-12-10-20(11-17(12,22)14-3-2-4-14)16(21)19-9-13-5-7-15(18)8-6-13/h5-8,12,14,22H,2-4,9-11H2,1H3,(H,19,21)/t12-,17+/m1/s1. The van der Waals surface area contributed by atoms with E-state index < -0.39 is 5.60 Å². The third-order valence-corrected chi connectivity index (χ3v) is 5.25. The molecule has 2 atom stereocenters. The first kappa shape index (κ1) is 15.3. The molecule has 0 spiro atoms. The fourth-order valence-corrected chi connectivity index (χ4v) is 3.50. The van der Waals surface area contributed by atoms with Crippen molar-refractivity contribution in [3.63, 3.8) is 0 Å². The topological polar surface area (TPSA) is 52.6 Å². The van der Waals surface area contributed by atoms with E-state index in [9.17, 15) is 14.3 Å². The summed E-state index contributed by atoms with van der Waals surface area (Å²) in [5.74, 6) is 0.153. The van der Waals surface area contributed by atoms with Gasteiger partial charge in [-0.2, -0.15) is 0 Å². The van der Waals surface area contributed by atoms with Crippen LogP contribution in [-0.4, -0.2) is 34.7 Å². The predicted octanol–water partition coefficient (Wildman–Crippen LogP) is 2.52. The first-order valence-corrected chi connectivity index (χ1v) is 7.98. The number of β-amino-alcohol motifs (C(OH)–C–C–N with tert-alkyl or cyclic N) is 1. The van der Waals surface area contributed by atoms with Crippen molar-refractivity contribution in [2.45, 2.75) is 38.3 Å². The Hall–Kier alpha value is -1.62. The summed E-state index contributed by atoms with van der Waals surface area (Å²) in [6, 6.07) is 5.93. The van der Waals surface area contributed by atoms with Crippen LogP contribution >= 0.6 is 0 Å². The van der Waals surface area contributed by atoms with Crippen LogP contribution in [0.2, 0.25) is 0 Å². The number of nitrogens with zero attached hydrogens (tertiary/aromatic N) is 1. The number of nitrogens with one attached hydrogen (secondary N) is 1. The van der Waals surface area contributed by atoms with Crippen molar-refractivity contribution in [3.05, 3.63) is 35.6 Å². The van der Waals surface area contributed by atoms with Gasteiger partial charge in [0.05, 0.1) is 12.1 Å². The molecule has 1 heterocycles. The van der Waals surface area contributed by atoms with Gasteiger partial charge in [0.1, 0.15) is 5.82 Å². The summed E-state index contributed by atoms with van der Waals surface area (Å²) in [5.41, 5.74) is 0.127. The number of halogens is 1. The van der Waals surface area contributed by atoms with E-state index in [-0.39, 0.29) is 17.8 Å². The Morgan fingerprint density at radius 3 is 2.68 bits per heavy atom. The zero-order chi connectivity index (χ0) is 15.7. The number of carbonyl (C=O) groups excluding carboxylic acids is 1. The van der Waals surface area contributed by atoms with E-state index in [0.717, 1.165) is 18.4 Å². The molecule has 120 valence electrons. The summed E-state index contributed by atoms with van der Waals surface area (Å²) in [7, 11) is 0. The molecular formula is C17H23FN2O2. The maximum absolute atomic E-state index is 12.9. The highest BCUT2D eigenvalue weighted by Crippen LogP contribution is 2.44. The van der Waals surface area contributed by atoms with E-state index in [0.29, 0.717) is 25.6 Å². The smallest absolute Gasteiger partial charge is 0.317 e. The Morgan fingerprint density at radius 2 is 2.09 bits per heavy atom. The molecule has 3 rings (SSSR count). The number of hydrogen-bond donors (Lipinski definition) is 2. The Kier molecular flexibility index (Phi) is 4.08. The van der Waals surface area contributed by atoms with Crippen molar-refractivity contribution in [2.75, 3.05) is 13.1 Å². The van der Waals surface area contributed by atoms with Crippen molar-refractivity contribution in [1.82, 2.24) is 10.2 Å². The Balaban J connectivity index is 1.55. The molecule has 0 aromatic heterocycles. The molecule has 0 radical (unpaired) electrons. The maximum Gasteiger partial charge on any atom is 0.317 e. The van der Waals surface area contributed by atoms with Gasteiger partial charge in [0.15, 0.2) is 0 Å². The average molecular weight is 306 g/mol. The van der Waals surface area contributed by atoms with E-state index in [4.69, 9.17) is 0 Å². The third kappa shape index (κ3) is 2.82. The number of amides is 2. The second-order valence-corrected chi connectivity index (χ2v) is 6.69. The number of hydrogen-bond acceptors (Lipinski definition) is 2. The van der Waals surface area contributed by atoms with E-state index >= 15 is 0 Å². The van der Waals surface area contributed by atoms with Crippen LogP contribution in [0.5, 0.6) is 0 Å². The summed E-state index contributed by atoms with van der Waals surface area (Å²) in [5, 5.41) is 13.7. The van der Waals surface area contributed by atoms with Crippen LogP contribution in [0.3, 0.4) is 0 Å². The number of urea groups is 1. The van der Waals surface area contributed by atoms with Gasteiger partial charge in [-0.15, -0.1) is 0 Å². The van der Waals surface area contributed by atoms with Gasteiger partial charge in [0, 0.05) is 19.0 Å².